The van der Waals surface area contributed by atoms with E-state index in [1.54, 1.807) is 38.5 Å². The predicted molar refractivity (Wildman–Crippen MR) is 207 cm³/mol. The Kier molecular flexibility index (Phi) is 10.6. The number of nitrogens with one attached hydrogen (secondary N) is 2. The Morgan fingerprint density at radius 3 is 1.26 bits per heavy atom. The van der Waals surface area contributed by atoms with Gasteiger partial charge in [0.2, 0.25) is 0 Å². The van der Waals surface area contributed by atoms with Gasteiger partial charge in [0.25, 0.3) is 11.8 Å². The molecule has 0 saturated heterocycles. The van der Waals surface area contributed by atoms with E-state index in [0.717, 1.165) is 33.4 Å². The molecule has 6 aromatic carbocycles. The van der Waals surface area contributed by atoms with Crippen LogP contribution in [-0.2, 0) is 14.9 Å². The van der Waals surface area contributed by atoms with Crippen LogP contribution in [0.25, 0.3) is 11.1 Å². The fourth-order valence-corrected chi connectivity index (χ4v) is 7.06. The van der Waals surface area contributed by atoms with E-state index in [1.807, 2.05) is 48.5 Å². The average molecular weight is 705 g/mol. The molecular weight excluding hydrogens is 665 g/mol. The predicted octanol–water partition coefficient (Wildman–Crippen LogP) is 8.60. The fourth-order valence-electron chi connectivity index (χ4n) is 7.06. The molecule has 8 heteroatoms. The Hall–Kier alpha value is -6.22. The number of para-hydroxylation sites is 2. The van der Waals surface area contributed by atoms with Crippen molar-refractivity contribution in [1.82, 2.24) is 0 Å². The first kappa shape index (κ1) is 35.2. The zero-order valence-corrected chi connectivity index (χ0v) is 29.6. The van der Waals surface area contributed by atoms with Crippen LogP contribution in [0.1, 0.15) is 43.0 Å². The largest absolute Gasteiger partial charge is 0.490 e. The number of hydrogen-bond acceptors (Lipinski definition) is 6. The van der Waals surface area contributed by atoms with E-state index >= 15 is 0 Å². The van der Waals surface area contributed by atoms with Crippen LogP contribution in [0.4, 0.5) is 11.4 Å². The van der Waals surface area contributed by atoms with Gasteiger partial charge in [-0.1, -0.05) is 97.1 Å². The zero-order valence-electron chi connectivity index (χ0n) is 29.6. The van der Waals surface area contributed by atoms with Crippen LogP contribution in [0.2, 0.25) is 0 Å². The molecule has 0 radical (unpaired) electrons. The number of carbonyl (C=O) groups excluding carboxylic acids is 2. The minimum Gasteiger partial charge on any atom is -0.490 e. The summed E-state index contributed by atoms with van der Waals surface area (Å²) in [6.07, 6.45) is 0. The van der Waals surface area contributed by atoms with Gasteiger partial charge in [-0.2, -0.15) is 0 Å². The third-order valence-corrected chi connectivity index (χ3v) is 9.46. The van der Waals surface area contributed by atoms with Crippen LogP contribution in [0.5, 0.6) is 11.5 Å². The number of amides is 2. The van der Waals surface area contributed by atoms with Gasteiger partial charge in [-0.15, -0.1) is 0 Å². The highest BCUT2D eigenvalue weighted by molar-refractivity contribution is 6.07. The highest BCUT2D eigenvalue weighted by Gasteiger charge is 2.45. The number of hydrogen-bond donors (Lipinski definition) is 2. The van der Waals surface area contributed by atoms with E-state index in [4.69, 9.17) is 18.9 Å². The van der Waals surface area contributed by atoms with Gasteiger partial charge < -0.3 is 29.6 Å². The summed E-state index contributed by atoms with van der Waals surface area (Å²) < 4.78 is 21.8. The molecule has 2 N–H and O–H groups in total. The maximum absolute atomic E-state index is 13.4. The number of carbonyl (C=O) groups is 2. The molecule has 7 rings (SSSR count). The van der Waals surface area contributed by atoms with Crippen molar-refractivity contribution in [2.75, 3.05) is 51.3 Å². The van der Waals surface area contributed by atoms with Crippen molar-refractivity contribution in [3.8, 4) is 22.6 Å². The van der Waals surface area contributed by atoms with Crippen molar-refractivity contribution in [1.29, 1.82) is 0 Å². The van der Waals surface area contributed by atoms with Crippen LogP contribution < -0.4 is 20.1 Å². The Labute approximate surface area is 309 Å². The monoisotopic (exact) mass is 704 g/mol. The minimum atomic E-state index is -0.665. The molecule has 1 aliphatic rings. The van der Waals surface area contributed by atoms with Gasteiger partial charge in [0.05, 0.1) is 29.8 Å². The molecule has 0 fully saturated rings. The molecule has 0 aromatic heterocycles. The topological polar surface area (TPSA) is 95.1 Å². The Morgan fingerprint density at radius 1 is 0.472 bits per heavy atom. The van der Waals surface area contributed by atoms with E-state index in [9.17, 15) is 9.59 Å². The van der Waals surface area contributed by atoms with Crippen molar-refractivity contribution in [2.45, 2.75) is 5.41 Å². The lowest BCUT2D eigenvalue weighted by molar-refractivity contribution is 0.101. The number of anilines is 2. The number of benzene rings is 6. The summed E-state index contributed by atoms with van der Waals surface area (Å²) in [6.45, 7) is 1.52. The van der Waals surface area contributed by atoms with E-state index in [1.165, 1.54) is 0 Å². The molecule has 266 valence electrons. The highest BCUT2D eigenvalue weighted by Crippen LogP contribution is 2.56. The summed E-state index contributed by atoms with van der Waals surface area (Å²) in [5, 5.41) is 6.10. The number of methoxy groups -OCH3 is 2. The lowest BCUT2D eigenvalue weighted by atomic mass is 9.67. The third kappa shape index (κ3) is 7.02. The number of rotatable bonds is 14. The summed E-state index contributed by atoms with van der Waals surface area (Å²) >= 11 is 0. The molecule has 0 bridgehead atoms. The molecule has 53 heavy (non-hydrogen) atoms. The minimum absolute atomic E-state index is 0.265. The van der Waals surface area contributed by atoms with Crippen LogP contribution >= 0.6 is 0 Å². The molecule has 0 spiro atoms. The average Bonchev–Trinajstić information content (AvgIpc) is 3.50. The van der Waals surface area contributed by atoms with Crippen LogP contribution in [0, 0.1) is 0 Å². The van der Waals surface area contributed by atoms with E-state index in [2.05, 4.69) is 83.4 Å². The molecule has 0 atom stereocenters. The van der Waals surface area contributed by atoms with Gasteiger partial charge in [0, 0.05) is 25.6 Å². The maximum Gasteiger partial charge on any atom is 0.259 e. The van der Waals surface area contributed by atoms with Crippen molar-refractivity contribution in [3.63, 3.8) is 0 Å². The normalized spacial score (nSPS) is 12.3. The standard InChI is InChI=1S/C45H40N2O6/c1-50-27-29-52-41-17-9-5-13-37(41)43(48)46-33-23-19-31(20-24-33)45(39-15-7-3-11-35(39)36-12-4-8-16-40(36)45)32-21-25-34(26-22-32)47-44(49)38-14-6-10-18-42(38)53-30-28-51-2/h3-26H,27-30H2,1-2H3,(H,46,48)(H,47,49). The van der Waals surface area contributed by atoms with Crippen molar-refractivity contribution in [2.24, 2.45) is 0 Å². The maximum atomic E-state index is 13.4. The van der Waals surface area contributed by atoms with Crippen molar-refractivity contribution < 1.29 is 28.5 Å². The molecule has 0 aliphatic heterocycles. The summed E-state index contributed by atoms with van der Waals surface area (Å²) in [6, 6.07) is 47.4. The lowest BCUT2D eigenvalue weighted by Gasteiger charge is -2.34. The summed E-state index contributed by atoms with van der Waals surface area (Å²) in [5.74, 6) is 0.463. The van der Waals surface area contributed by atoms with Gasteiger partial charge in [-0.05, 0) is 81.9 Å². The van der Waals surface area contributed by atoms with Gasteiger partial charge in [0.15, 0.2) is 0 Å². The first-order valence-corrected chi connectivity index (χ1v) is 17.5. The molecule has 0 unspecified atom stereocenters. The second-order valence-corrected chi connectivity index (χ2v) is 12.6. The summed E-state index contributed by atoms with van der Waals surface area (Å²) in [7, 11) is 3.22. The third-order valence-electron chi connectivity index (χ3n) is 9.46. The van der Waals surface area contributed by atoms with Crippen LogP contribution in [0.3, 0.4) is 0 Å². The quantitative estimate of drug-likeness (QED) is 0.110. The highest BCUT2D eigenvalue weighted by atomic mass is 16.5. The number of fused-ring (bicyclic) bond motifs is 3. The molecule has 1 aliphatic carbocycles. The Bertz CT molecular complexity index is 2060. The van der Waals surface area contributed by atoms with Crippen molar-refractivity contribution in [3.05, 3.63) is 179 Å². The first-order valence-electron chi connectivity index (χ1n) is 17.5. The lowest BCUT2D eigenvalue weighted by Crippen LogP contribution is -2.28. The fraction of sp³-hybridized carbons (Fsp3) is 0.156. The summed E-state index contributed by atoms with van der Waals surface area (Å²) in [5.41, 5.74) is 8.23. The van der Waals surface area contributed by atoms with Gasteiger partial charge in [-0.25, -0.2) is 0 Å². The first-order chi connectivity index (χ1) is 26.0. The molecule has 0 heterocycles. The molecule has 6 aromatic rings. The Balaban J connectivity index is 1.21. The second kappa shape index (κ2) is 16.0. The smallest absolute Gasteiger partial charge is 0.259 e. The molecule has 0 saturated carbocycles. The van der Waals surface area contributed by atoms with Crippen LogP contribution in [-0.4, -0.2) is 52.5 Å². The van der Waals surface area contributed by atoms with E-state index < -0.39 is 5.41 Å². The molecule has 8 nitrogen and oxygen atoms in total. The van der Waals surface area contributed by atoms with Gasteiger partial charge in [-0.3, -0.25) is 9.59 Å². The van der Waals surface area contributed by atoms with Gasteiger partial charge >= 0.3 is 0 Å². The van der Waals surface area contributed by atoms with E-state index in [-0.39, 0.29) is 11.8 Å². The molecular formula is C45H40N2O6. The van der Waals surface area contributed by atoms with Crippen LogP contribution in [0.15, 0.2) is 146 Å². The zero-order chi connectivity index (χ0) is 36.6. The second-order valence-electron chi connectivity index (χ2n) is 12.6. The molecule has 2 amide bonds. The Morgan fingerprint density at radius 2 is 0.849 bits per heavy atom. The SMILES string of the molecule is COCCOc1ccccc1C(=O)Nc1ccc(C2(c3ccc(NC(=O)c4ccccc4OCCOC)cc3)c3ccccc3-c3ccccc32)cc1. The summed E-state index contributed by atoms with van der Waals surface area (Å²) in [4.78, 5) is 26.9. The number of ether oxygens (including phenoxy) is 4. The van der Waals surface area contributed by atoms with Crippen molar-refractivity contribution >= 4 is 23.2 Å². The van der Waals surface area contributed by atoms with E-state index in [0.29, 0.717) is 60.4 Å². The van der Waals surface area contributed by atoms with Gasteiger partial charge in [0.1, 0.15) is 24.7 Å².